The van der Waals surface area contributed by atoms with E-state index in [4.69, 9.17) is 22.4 Å². The van der Waals surface area contributed by atoms with Crippen molar-refractivity contribution in [2.45, 2.75) is 25.4 Å². The van der Waals surface area contributed by atoms with Crippen LogP contribution in [-0.4, -0.2) is 39.3 Å². The first kappa shape index (κ1) is 16.5. The quantitative estimate of drug-likeness (QED) is 0.764. The Morgan fingerprint density at radius 2 is 2.16 bits per heavy atom. The highest BCUT2D eigenvalue weighted by Gasteiger charge is 2.28. The monoisotopic (exact) mass is 355 g/mol. The molecule has 1 unspecified atom stereocenters. The lowest BCUT2D eigenvalue weighted by atomic mass is 10.0. The van der Waals surface area contributed by atoms with E-state index in [1.54, 1.807) is 0 Å². The zero-order valence-electron chi connectivity index (χ0n) is 14.1. The minimum Gasteiger partial charge on any atom is -0.329 e. The van der Waals surface area contributed by atoms with Gasteiger partial charge in [0.15, 0.2) is 5.65 Å². The van der Waals surface area contributed by atoms with Crippen LogP contribution >= 0.6 is 11.6 Å². The maximum atomic E-state index is 6.10. The normalized spacial score (nSPS) is 18.2. The van der Waals surface area contributed by atoms with E-state index < -0.39 is 0 Å². The molecule has 6 heteroatoms. The lowest BCUT2D eigenvalue weighted by Crippen LogP contribution is -2.20. The predicted molar refractivity (Wildman–Crippen MR) is 101 cm³/mol. The molecule has 4 rings (SSSR count). The molecule has 0 radical (unpaired) electrons. The molecule has 130 valence electrons. The van der Waals surface area contributed by atoms with Crippen LogP contribution in [0.4, 0.5) is 0 Å². The van der Waals surface area contributed by atoms with Gasteiger partial charge in [0.1, 0.15) is 0 Å². The summed E-state index contributed by atoms with van der Waals surface area (Å²) in [5, 5.41) is 6.80. The van der Waals surface area contributed by atoms with E-state index in [1.807, 2.05) is 35.1 Å². The van der Waals surface area contributed by atoms with Gasteiger partial charge in [0, 0.05) is 42.2 Å². The van der Waals surface area contributed by atoms with Crippen molar-refractivity contribution in [2.24, 2.45) is 5.73 Å². The number of hydrogen-bond donors (Lipinski definition) is 1. The number of hydrogen-bond acceptors (Lipinski definition) is 4. The molecule has 1 fully saturated rings. The van der Waals surface area contributed by atoms with Gasteiger partial charge in [-0.05, 0) is 42.8 Å². The van der Waals surface area contributed by atoms with Gasteiger partial charge in [0.2, 0.25) is 0 Å². The molecular weight excluding hydrogens is 334 g/mol. The summed E-state index contributed by atoms with van der Waals surface area (Å²) >= 11 is 6.10. The van der Waals surface area contributed by atoms with Crippen molar-refractivity contribution in [3.63, 3.8) is 0 Å². The second-order valence-corrected chi connectivity index (χ2v) is 7.06. The number of pyridine rings is 1. The molecule has 0 saturated carbocycles. The molecule has 25 heavy (non-hydrogen) atoms. The van der Waals surface area contributed by atoms with Crippen molar-refractivity contribution >= 4 is 22.6 Å². The van der Waals surface area contributed by atoms with Crippen molar-refractivity contribution < 1.29 is 0 Å². The van der Waals surface area contributed by atoms with Gasteiger partial charge in [0.05, 0.1) is 12.2 Å². The predicted octanol–water partition coefficient (Wildman–Crippen LogP) is 3.03. The number of aromatic nitrogens is 3. The first-order valence-electron chi connectivity index (χ1n) is 8.73. The fourth-order valence-corrected chi connectivity index (χ4v) is 3.92. The summed E-state index contributed by atoms with van der Waals surface area (Å²) in [4.78, 5) is 6.98. The summed E-state index contributed by atoms with van der Waals surface area (Å²) in [7, 11) is 0. The summed E-state index contributed by atoms with van der Waals surface area (Å²) in [6, 6.07) is 12.2. The van der Waals surface area contributed by atoms with Crippen LogP contribution in [0.25, 0.3) is 11.0 Å². The Morgan fingerprint density at radius 3 is 3.00 bits per heavy atom. The molecule has 0 aliphatic carbocycles. The number of nitrogens with zero attached hydrogens (tertiary/aromatic N) is 4. The summed E-state index contributed by atoms with van der Waals surface area (Å²) in [6.07, 6.45) is 2.94. The molecule has 3 aromatic rings. The summed E-state index contributed by atoms with van der Waals surface area (Å²) in [5.41, 5.74) is 9.08. The minimum atomic E-state index is 0.435. The number of nitrogens with two attached hydrogens (primary N) is 1. The smallest absolute Gasteiger partial charge is 0.158 e. The van der Waals surface area contributed by atoms with E-state index in [9.17, 15) is 0 Å². The summed E-state index contributed by atoms with van der Waals surface area (Å²) < 4.78 is 1.95. The standard InChI is InChI=1S/C19H22ClN5/c20-16-4-1-3-14(11-16)12-24-9-6-15(13-24)18-17-5-2-8-22-19(17)25(23-18)10-7-21/h1-5,8,11,15H,6-7,9-10,12-13,21H2. The van der Waals surface area contributed by atoms with Gasteiger partial charge in [-0.25, -0.2) is 9.67 Å². The first-order valence-corrected chi connectivity index (χ1v) is 9.10. The molecule has 5 nitrogen and oxygen atoms in total. The zero-order chi connectivity index (χ0) is 17.2. The molecule has 3 heterocycles. The lowest BCUT2D eigenvalue weighted by molar-refractivity contribution is 0.326. The highest BCUT2D eigenvalue weighted by atomic mass is 35.5. The molecule has 1 atom stereocenters. The lowest BCUT2D eigenvalue weighted by Gasteiger charge is -2.15. The molecule has 0 amide bonds. The Hall–Kier alpha value is -1.95. The first-order chi connectivity index (χ1) is 12.2. The van der Waals surface area contributed by atoms with Gasteiger partial charge in [-0.3, -0.25) is 4.90 Å². The van der Waals surface area contributed by atoms with Crippen molar-refractivity contribution in [1.82, 2.24) is 19.7 Å². The Bertz CT molecular complexity index is 875. The molecular formula is C19H22ClN5. The molecule has 1 saturated heterocycles. The van der Waals surface area contributed by atoms with E-state index in [1.165, 1.54) is 5.56 Å². The molecule has 1 aliphatic heterocycles. The van der Waals surface area contributed by atoms with Gasteiger partial charge < -0.3 is 5.73 Å². The fourth-order valence-electron chi connectivity index (χ4n) is 3.71. The van der Waals surface area contributed by atoms with E-state index in [0.29, 0.717) is 19.0 Å². The zero-order valence-corrected chi connectivity index (χ0v) is 14.9. The van der Waals surface area contributed by atoms with Crippen molar-refractivity contribution in [2.75, 3.05) is 19.6 Å². The van der Waals surface area contributed by atoms with Gasteiger partial charge in [0.25, 0.3) is 0 Å². The maximum Gasteiger partial charge on any atom is 0.158 e. The van der Waals surface area contributed by atoms with E-state index in [2.05, 4.69) is 22.0 Å². The van der Waals surface area contributed by atoms with E-state index in [0.717, 1.165) is 47.8 Å². The van der Waals surface area contributed by atoms with Crippen LogP contribution in [0.15, 0.2) is 42.6 Å². The summed E-state index contributed by atoms with van der Waals surface area (Å²) in [5.74, 6) is 0.435. The number of benzene rings is 1. The average molecular weight is 356 g/mol. The maximum absolute atomic E-state index is 6.10. The van der Waals surface area contributed by atoms with Crippen LogP contribution in [0.1, 0.15) is 23.6 Å². The number of halogens is 1. The average Bonchev–Trinajstić information content (AvgIpc) is 3.20. The Balaban J connectivity index is 1.54. The van der Waals surface area contributed by atoms with Gasteiger partial charge in [-0.2, -0.15) is 5.10 Å². The fraction of sp³-hybridized carbons (Fsp3) is 0.368. The van der Waals surface area contributed by atoms with Crippen molar-refractivity contribution in [1.29, 1.82) is 0 Å². The third-order valence-electron chi connectivity index (χ3n) is 4.83. The van der Waals surface area contributed by atoms with Crippen molar-refractivity contribution in [3.05, 3.63) is 58.9 Å². The Morgan fingerprint density at radius 1 is 1.24 bits per heavy atom. The molecule has 0 bridgehead atoms. The van der Waals surface area contributed by atoms with E-state index >= 15 is 0 Å². The molecule has 1 aromatic carbocycles. The largest absolute Gasteiger partial charge is 0.329 e. The summed E-state index contributed by atoms with van der Waals surface area (Å²) in [6.45, 7) is 4.28. The number of likely N-dealkylation sites (tertiary alicyclic amines) is 1. The van der Waals surface area contributed by atoms with Crippen LogP contribution < -0.4 is 5.73 Å². The second-order valence-electron chi connectivity index (χ2n) is 6.62. The third kappa shape index (κ3) is 3.40. The third-order valence-corrected chi connectivity index (χ3v) is 5.07. The molecule has 1 aliphatic rings. The van der Waals surface area contributed by atoms with Crippen molar-refractivity contribution in [3.8, 4) is 0 Å². The molecule has 2 N–H and O–H groups in total. The topological polar surface area (TPSA) is 60.0 Å². The van der Waals surface area contributed by atoms with Gasteiger partial charge in [-0.15, -0.1) is 0 Å². The minimum absolute atomic E-state index is 0.435. The number of fused-ring (bicyclic) bond motifs is 1. The highest BCUT2D eigenvalue weighted by Crippen LogP contribution is 2.32. The van der Waals surface area contributed by atoms with Crippen LogP contribution in [0.2, 0.25) is 5.02 Å². The van der Waals surface area contributed by atoms with Crippen LogP contribution in [0.5, 0.6) is 0 Å². The SMILES string of the molecule is NCCn1nc(C2CCN(Cc3cccc(Cl)c3)C2)c2cccnc21. The second kappa shape index (κ2) is 7.12. The van der Waals surface area contributed by atoms with Gasteiger partial charge in [-0.1, -0.05) is 23.7 Å². The van der Waals surface area contributed by atoms with Crippen LogP contribution in [0.3, 0.4) is 0 Å². The Labute approximate surface area is 152 Å². The molecule has 2 aromatic heterocycles. The van der Waals surface area contributed by atoms with Crippen LogP contribution in [0, 0.1) is 0 Å². The Kier molecular flexibility index (Phi) is 4.70. The number of rotatable bonds is 5. The van der Waals surface area contributed by atoms with Crippen LogP contribution in [-0.2, 0) is 13.1 Å². The van der Waals surface area contributed by atoms with Gasteiger partial charge >= 0.3 is 0 Å². The molecule has 0 spiro atoms. The van der Waals surface area contributed by atoms with E-state index in [-0.39, 0.29) is 0 Å². The highest BCUT2D eigenvalue weighted by molar-refractivity contribution is 6.30.